The van der Waals surface area contributed by atoms with Crippen molar-refractivity contribution in [1.29, 1.82) is 0 Å². The van der Waals surface area contributed by atoms with Crippen molar-refractivity contribution < 1.29 is 23.5 Å². The van der Waals surface area contributed by atoms with Crippen molar-refractivity contribution in [2.75, 3.05) is 26.3 Å². The summed E-state index contributed by atoms with van der Waals surface area (Å²) in [6.07, 6.45) is -0.114. The van der Waals surface area contributed by atoms with Crippen LogP contribution in [0.2, 0.25) is 0 Å². The molecule has 1 fully saturated rings. The summed E-state index contributed by atoms with van der Waals surface area (Å²) in [6.45, 7) is 2.51. The van der Waals surface area contributed by atoms with E-state index in [1.54, 1.807) is 17.9 Å². The minimum atomic E-state index is -1.08. The number of hydrogen-bond donors (Lipinski definition) is 2. The van der Waals surface area contributed by atoms with Gasteiger partial charge in [0, 0.05) is 12.2 Å². The molecule has 2 amide bonds. The molecule has 1 aliphatic rings. The second kappa shape index (κ2) is 7.75. The minimum Gasteiger partial charge on any atom is -0.490 e. The topological polar surface area (TPSA) is 111 Å². The maximum Gasteiger partial charge on any atom is 0.274 e. The van der Waals surface area contributed by atoms with E-state index >= 15 is 0 Å². The summed E-state index contributed by atoms with van der Waals surface area (Å²) in [7, 11) is 0. The Morgan fingerprint density at radius 1 is 1.41 bits per heavy atom. The molecule has 3 rings (SSSR count). The predicted octanol–water partition coefficient (Wildman–Crippen LogP) is 1.02. The lowest BCUT2D eigenvalue weighted by Crippen LogP contribution is -2.58. The van der Waals surface area contributed by atoms with Crippen LogP contribution in [0.1, 0.15) is 22.6 Å². The van der Waals surface area contributed by atoms with Crippen LogP contribution in [0, 0.1) is 12.7 Å². The zero-order valence-electron chi connectivity index (χ0n) is 14.9. The van der Waals surface area contributed by atoms with E-state index in [2.05, 4.69) is 10.2 Å². The number of aryl methyl sites for hydroxylation is 1. The van der Waals surface area contributed by atoms with Gasteiger partial charge >= 0.3 is 0 Å². The van der Waals surface area contributed by atoms with E-state index in [0.717, 1.165) is 5.69 Å². The van der Waals surface area contributed by atoms with Crippen LogP contribution in [0.15, 0.2) is 30.3 Å². The van der Waals surface area contributed by atoms with Crippen molar-refractivity contribution in [1.82, 2.24) is 15.1 Å². The Labute approximate surface area is 155 Å². The Balaban J connectivity index is 1.74. The van der Waals surface area contributed by atoms with E-state index < -0.39 is 11.5 Å². The van der Waals surface area contributed by atoms with Gasteiger partial charge in [-0.25, -0.2) is 4.39 Å². The zero-order valence-corrected chi connectivity index (χ0v) is 14.9. The normalized spacial score (nSPS) is 19.7. The molecule has 0 saturated carbocycles. The fourth-order valence-corrected chi connectivity index (χ4v) is 3.02. The number of morpholine rings is 1. The van der Waals surface area contributed by atoms with Crippen molar-refractivity contribution >= 4 is 11.8 Å². The number of nitrogens with zero attached hydrogens (tertiary/aromatic N) is 2. The number of nitrogens with one attached hydrogen (secondary N) is 1. The smallest absolute Gasteiger partial charge is 0.274 e. The lowest BCUT2D eigenvalue weighted by Gasteiger charge is -2.41. The van der Waals surface area contributed by atoms with Crippen LogP contribution in [-0.4, -0.2) is 58.8 Å². The van der Waals surface area contributed by atoms with Crippen molar-refractivity contribution in [2.24, 2.45) is 5.73 Å². The molecule has 27 heavy (non-hydrogen) atoms. The molecule has 1 aliphatic heterocycles. The summed E-state index contributed by atoms with van der Waals surface area (Å²) in [6, 6.07) is 7.15. The van der Waals surface area contributed by atoms with Crippen LogP contribution >= 0.6 is 0 Å². The molecular weight excluding hydrogens is 355 g/mol. The molecule has 0 bridgehead atoms. The van der Waals surface area contributed by atoms with Gasteiger partial charge in [-0.3, -0.25) is 14.7 Å². The average molecular weight is 376 g/mol. The monoisotopic (exact) mass is 376 g/mol. The second-order valence-electron chi connectivity index (χ2n) is 6.58. The molecule has 1 saturated heterocycles. The molecule has 0 radical (unpaired) electrons. The number of halogens is 1. The van der Waals surface area contributed by atoms with Crippen molar-refractivity contribution in [2.45, 2.75) is 18.9 Å². The summed E-state index contributed by atoms with van der Waals surface area (Å²) in [5, 5.41) is 6.72. The van der Waals surface area contributed by atoms with Crippen LogP contribution in [0.5, 0.6) is 5.75 Å². The summed E-state index contributed by atoms with van der Waals surface area (Å²) in [5.41, 5.74) is 5.37. The van der Waals surface area contributed by atoms with E-state index in [-0.39, 0.29) is 37.9 Å². The van der Waals surface area contributed by atoms with E-state index in [4.69, 9.17) is 15.2 Å². The number of ether oxygens (including phenoxy) is 2. The average Bonchev–Trinajstić information content (AvgIpc) is 3.07. The summed E-state index contributed by atoms with van der Waals surface area (Å²) < 4.78 is 24.5. The standard InChI is InChI=1S/C18H21FN4O4/c1-12-8-15(22-21-12)17(25)23-6-7-27-18(10-23,9-16(20)24)11-26-14-4-2-13(19)3-5-14/h2-5,8H,6-7,9-11H2,1H3,(H2,20,24)(H,21,22). The fourth-order valence-electron chi connectivity index (χ4n) is 3.02. The van der Waals surface area contributed by atoms with Gasteiger partial charge in [-0.1, -0.05) is 0 Å². The van der Waals surface area contributed by atoms with Gasteiger partial charge in [0.1, 0.15) is 29.5 Å². The van der Waals surface area contributed by atoms with Crippen molar-refractivity contribution in [3.05, 3.63) is 47.5 Å². The molecule has 144 valence electrons. The third-order valence-electron chi connectivity index (χ3n) is 4.27. The minimum absolute atomic E-state index is 0.00898. The number of carbonyl (C=O) groups is 2. The van der Waals surface area contributed by atoms with Crippen molar-refractivity contribution in [3.8, 4) is 5.75 Å². The first-order chi connectivity index (χ1) is 12.9. The number of aromatic amines is 1. The van der Waals surface area contributed by atoms with Gasteiger partial charge in [-0.05, 0) is 37.3 Å². The van der Waals surface area contributed by atoms with Gasteiger partial charge in [-0.2, -0.15) is 5.10 Å². The Morgan fingerprint density at radius 2 is 2.15 bits per heavy atom. The number of amides is 2. The third-order valence-corrected chi connectivity index (χ3v) is 4.27. The van der Waals surface area contributed by atoms with Crippen molar-refractivity contribution in [3.63, 3.8) is 0 Å². The molecule has 1 unspecified atom stereocenters. The maximum atomic E-state index is 13.0. The van der Waals surface area contributed by atoms with Gasteiger partial charge in [0.15, 0.2) is 0 Å². The number of rotatable bonds is 6. The number of carbonyl (C=O) groups excluding carboxylic acids is 2. The number of hydrogen-bond acceptors (Lipinski definition) is 5. The maximum absolute atomic E-state index is 13.0. The number of nitrogens with two attached hydrogens (primary N) is 1. The molecule has 1 atom stereocenters. The highest BCUT2D eigenvalue weighted by atomic mass is 19.1. The lowest BCUT2D eigenvalue weighted by atomic mass is 9.97. The van der Waals surface area contributed by atoms with E-state index in [1.807, 2.05) is 0 Å². The summed E-state index contributed by atoms with van der Waals surface area (Å²) in [4.78, 5) is 25.8. The predicted molar refractivity (Wildman–Crippen MR) is 93.6 cm³/mol. The second-order valence-corrected chi connectivity index (χ2v) is 6.58. The first-order valence-electron chi connectivity index (χ1n) is 8.49. The van der Waals surface area contributed by atoms with Crippen LogP contribution < -0.4 is 10.5 Å². The molecule has 1 aromatic heterocycles. The number of H-pyrrole nitrogens is 1. The van der Waals surface area contributed by atoms with Gasteiger partial charge in [0.05, 0.1) is 19.6 Å². The molecule has 3 N–H and O–H groups in total. The number of aromatic nitrogens is 2. The van der Waals surface area contributed by atoms with E-state index in [9.17, 15) is 14.0 Å². The molecule has 8 nitrogen and oxygen atoms in total. The molecule has 9 heteroatoms. The molecule has 2 heterocycles. The Bertz CT molecular complexity index is 823. The summed E-state index contributed by atoms with van der Waals surface area (Å²) >= 11 is 0. The lowest BCUT2D eigenvalue weighted by molar-refractivity contribution is -0.142. The van der Waals surface area contributed by atoms with Gasteiger partial charge in [-0.15, -0.1) is 0 Å². The number of benzene rings is 1. The first-order valence-corrected chi connectivity index (χ1v) is 8.49. The Hall–Kier alpha value is -2.94. The first kappa shape index (κ1) is 18.8. The van der Waals surface area contributed by atoms with Crippen LogP contribution in [0.3, 0.4) is 0 Å². The van der Waals surface area contributed by atoms with E-state index in [0.29, 0.717) is 18.0 Å². The van der Waals surface area contributed by atoms with E-state index in [1.165, 1.54) is 24.3 Å². The van der Waals surface area contributed by atoms with Crippen LogP contribution in [0.25, 0.3) is 0 Å². The Kier molecular flexibility index (Phi) is 5.41. The molecule has 2 aromatic rings. The quantitative estimate of drug-likeness (QED) is 0.782. The van der Waals surface area contributed by atoms with Crippen LogP contribution in [-0.2, 0) is 9.53 Å². The van der Waals surface area contributed by atoms with Gasteiger partial charge in [0.2, 0.25) is 5.91 Å². The largest absolute Gasteiger partial charge is 0.490 e. The highest BCUT2D eigenvalue weighted by Crippen LogP contribution is 2.25. The SMILES string of the molecule is Cc1cc(C(=O)N2CCOC(COc3ccc(F)cc3)(CC(N)=O)C2)n[nH]1. The highest BCUT2D eigenvalue weighted by molar-refractivity contribution is 5.92. The highest BCUT2D eigenvalue weighted by Gasteiger charge is 2.41. The molecule has 1 aromatic carbocycles. The Morgan fingerprint density at radius 3 is 2.78 bits per heavy atom. The third kappa shape index (κ3) is 4.62. The number of primary amides is 1. The fraction of sp³-hybridized carbons (Fsp3) is 0.389. The molecule has 0 aliphatic carbocycles. The summed E-state index contributed by atoms with van der Waals surface area (Å²) in [5.74, 6) is -0.787. The van der Waals surface area contributed by atoms with Gasteiger partial charge < -0.3 is 20.1 Å². The molecule has 0 spiro atoms. The molecular formula is C18H21FN4O4. The zero-order chi connectivity index (χ0) is 19.4. The van der Waals surface area contributed by atoms with Crippen LogP contribution in [0.4, 0.5) is 4.39 Å². The van der Waals surface area contributed by atoms with Gasteiger partial charge in [0.25, 0.3) is 5.91 Å².